The number of nitrogens with two attached hydrogens (primary N) is 1. The summed E-state index contributed by atoms with van der Waals surface area (Å²) in [6, 6.07) is 1.41. The molecule has 3 N–H and O–H groups in total. The molecule has 0 saturated heterocycles. The zero-order valence-electron chi connectivity index (χ0n) is 10.6. The number of aromatic nitrogens is 4. The summed E-state index contributed by atoms with van der Waals surface area (Å²) in [7, 11) is -1.96. The SMILES string of the molecule is Cn1cnc(CCNS(=O)(=O)c2cc(Br)cnc2N)n1. The number of rotatable bonds is 5. The minimum absolute atomic E-state index is 0.0448. The number of halogens is 1. The van der Waals surface area contributed by atoms with E-state index in [2.05, 4.69) is 35.7 Å². The zero-order chi connectivity index (χ0) is 14.8. The van der Waals surface area contributed by atoms with Gasteiger partial charge in [-0.2, -0.15) is 5.10 Å². The fourth-order valence-corrected chi connectivity index (χ4v) is 3.14. The fraction of sp³-hybridized carbons (Fsp3) is 0.300. The molecule has 0 amide bonds. The van der Waals surface area contributed by atoms with Crippen molar-refractivity contribution in [1.82, 2.24) is 24.5 Å². The van der Waals surface area contributed by atoms with E-state index in [1.807, 2.05) is 0 Å². The standard InChI is InChI=1S/C10H13BrN6O2S/c1-17-6-14-9(16-17)2-3-15-20(18,19)8-4-7(11)5-13-10(8)12/h4-6,15H,2-3H2,1H3,(H2,12,13). The Morgan fingerprint density at radius 1 is 1.45 bits per heavy atom. The van der Waals surface area contributed by atoms with Crippen molar-refractivity contribution >= 4 is 31.8 Å². The Morgan fingerprint density at radius 3 is 2.85 bits per heavy atom. The Kier molecular flexibility index (Phi) is 4.35. The number of nitrogens with zero attached hydrogens (tertiary/aromatic N) is 4. The van der Waals surface area contributed by atoms with Crippen LogP contribution in [0.1, 0.15) is 5.82 Å². The summed E-state index contributed by atoms with van der Waals surface area (Å²) in [6.45, 7) is 0.179. The molecule has 0 fully saturated rings. The van der Waals surface area contributed by atoms with Crippen molar-refractivity contribution in [2.24, 2.45) is 7.05 Å². The van der Waals surface area contributed by atoms with Crippen LogP contribution in [0.4, 0.5) is 5.82 Å². The second-order valence-electron chi connectivity index (χ2n) is 4.02. The van der Waals surface area contributed by atoms with Gasteiger partial charge < -0.3 is 5.73 Å². The number of nitrogen functional groups attached to an aromatic ring is 1. The third-order valence-corrected chi connectivity index (χ3v) is 4.35. The lowest BCUT2D eigenvalue weighted by molar-refractivity contribution is 0.580. The fourth-order valence-electron chi connectivity index (χ4n) is 1.52. The summed E-state index contributed by atoms with van der Waals surface area (Å²) in [5.74, 6) is 0.521. The van der Waals surface area contributed by atoms with Gasteiger partial charge in [-0.05, 0) is 22.0 Å². The molecule has 0 spiro atoms. The summed E-state index contributed by atoms with van der Waals surface area (Å²) < 4.78 is 28.7. The van der Waals surface area contributed by atoms with E-state index in [9.17, 15) is 8.42 Å². The monoisotopic (exact) mass is 360 g/mol. The van der Waals surface area contributed by atoms with E-state index in [1.165, 1.54) is 12.3 Å². The summed E-state index contributed by atoms with van der Waals surface area (Å²) in [5.41, 5.74) is 5.58. The second kappa shape index (κ2) is 5.85. The largest absolute Gasteiger partial charge is 0.383 e. The molecule has 10 heteroatoms. The maximum absolute atomic E-state index is 12.1. The van der Waals surface area contributed by atoms with Crippen LogP contribution >= 0.6 is 15.9 Å². The van der Waals surface area contributed by atoms with Crippen LogP contribution < -0.4 is 10.5 Å². The Hall–Kier alpha value is -1.52. The minimum Gasteiger partial charge on any atom is -0.383 e. The maximum Gasteiger partial charge on any atom is 0.244 e. The lowest BCUT2D eigenvalue weighted by Gasteiger charge is -2.08. The predicted octanol–water partition coefficient (Wildman–Crippen LogP) is 0.0758. The first kappa shape index (κ1) is 14.9. The molecule has 0 saturated carbocycles. The van der Waals surface area contributed by atoms with Gasteiger partial charge in [-0.15, -0.1) is 0 Å². The summed E-state index contributed by atoms with van der Waals surface area (Å²) in [4.78, 5) is 7.76. The van der Waals surface area contributed by atoms with E-state index in [1.54, 1.807) is 18.1 Å². The summed E-state index contributed by atoms with van der Waals surface area (Å²) >= 11 is 3.16. The van der Waals surface area contributed by atoms with Crippen LogP contribution in [0.25, 0.3) is 0 Å². The van der Waals surface area contributed by atoms with Crippen LogP contribution in [-0.2, 0) is 23.5 Å². The van der Waals surface area contributed by atoms with Crippen LogP contribution in [0.5, 0.6) is 0 Å². The topological polar surface area (TPSA) is 116 Å². The smallest absolute Gasteiger partial charge is 0.244 e. The molecule has 0 aliphatic rings. The van der Waals surface area contributed by atoms with Crippen molar-refractivity contribution in [2.45, 2.75) is 11.3 Å². The van der Waals surface area contributed by atoms with Crippen LogP contribution in [0.3, 0.4) is 0 Å². The normalized spacial score (nSPS) is 11.7. The van der Waals surface area contributed by atoms with E-state index in [0.717, 1.165) is 0 Å². The van der Waals surface area contributed by atoms with Gasteiger partial charge >= 0.3 is 0 Å². The number of pyridine rings is 1. The van der Waals surface area contributed by atoms with E-state index < -0.39 is 10.0 Å². The Balaban J connectivity index is 2.06. The molecular weight excluding hydrogens is 348 g/mol. The molecule has 2 heterocycles. The van der Waals surface area contributed by atoms with Gasteiger partial charge in [0, 0.05) is 30.7 Å². The second-order valence-corrected chi connectivity index (χ2v) is 6.67. The van der Waals surface area contributed by atoms with Crippen molar-refractivity contribution < 1.29 is 8.42 Å². The maximum atomic E-state index is 12.1. The quantitative estimate of drug-likeness (QED) is 0.779. The highest BCUT2D eigenvalue weighted by Gasteiger charge is 2.18. The third-order valence-electron chi connectivity index (χ3n) is 2.43. The molecular formula is C10H13BrN6O2S. The van der Waals surface area contributed by atoms with Gasteiger partial charge in [-0.25, -0.2) is 23.1 Å². The average molecular weight is 361 g/mol. The zero-order valence-corrected chi connectivity index (χ0v) is 13.0. The van der Waals surface area contributed by atoms with Crippen LogP contribution in [0, 0.1) is 0 Å². The Morgan fingerprint density at radius 2 is 2.20 bits per heavy atom. The molecule has 0 aliphatic carbocycles. The summed E-state index contributed by atoms with van der Waals surface area (Å²) in [5, 5.41) is 4.06. The molecule has 20 heavy (non-hydrogen) atoms. The van der Waals surface area contributed by atoms with Crippen LogP contribution in [0.15, 0.2) is 28.0 Å². The predicted molar refractivity (Wildman–Crippen MR) is 76.2 cm³/mol. The molecule has 0 atom stereocenters. The van der Waals surface area contributed by atoms with Gasteiger partial charge in [0.05, 0.1) is 0 Å². The first-order valence-electron chi connectivity index (χ1n) is 5.64. The van der Waals surface area contributed by atoms with Gasteiger partial charge in [0.15, 0.2) is 5.82 Å². The van der Waals surface area contributed by atoms with Crippen molar-refractivity contribution in [1.29, 1.82) is 0 Å². The molecule has 2 aromatic heterocycles. The number of aryl methyl sites for hydroxylation is 1. The van der Waals surface area contributed by atoms with Crippen LogP contribution in [0.2, 0.25) is 0 Å². The number of nitrogens with one attached hydrogen (secondary N) is 1. The van der Waals surface area contributed by atoms with Gasteiger partial charge in [0.1, 0.15) is 17.0 Å². The number of hydrogen-bond donors (Lipinski definition) is 2. The summed E-state index contributed by atoms with van der Waals surface area (Å²) in [6.07, 6.45) is 3.38. The Labute approximate surface area is 124 Å². The van der Waals surface area contributed by atoms with E-state index in [4.69, 9.17) is 5.73 Å². The van der Waals surface area contributed by atoms with E-state index in [-0.39, 0.29) is 17.3 Å². The molecule has 2 aromatic rings. The Bertz CT molecular complexity index is 714. The number of sulfonamides is 1. The first-order chi connectivity index (χ1) is 9.38. The van der Waals surface area contributed by atoms with Gasteiger partial charge in [0.25, 0.3) is 0 Å². The van der Waals surface area contributed by atoms with Crippen molar-refractivity contribution in [3.8, 4) is 0 Å². The van der Waals surface area contributed by atoms with E-state index >= 15 is 0 Å². The van der Waals surface area contributed by atoms with Gasteiger partial charge in [-0.1, -0.05) is 0 Å². The molecule has 0 aliphatic heterocycles. The molecule has 0 radical (unpaired) electrons. The molecule has 0 bridgehead atoms. The average Bonchev–Trinajstić information content (AvgIpc) is 2.78. The van der Waals surface area contributed by atoms with Crippen molar-refractivity contribution in [3.05, 3.63) is 28.9 Å². The molecule has 0 aromatic carbocycles. The van der Waals surface area contributed by atoms with Crippen molar-refractivity contribution in [2.75, 3.05) is 12.3 Å². The van der Waals surface area contributed by atoms with Crippen LogP contribution in [-0.4, -0.2) is 34.7 Å². The highest BCUT2D eigenvalue weighted by atomic mass is 79.9. The minimum atomic E-state index is -3.71. The number of hydrogen-bond acceptors (Lipinski definition) is 6. The molecule has 108 valence electrons. The van der Waals surface area contributed by atoms with E-state index in [0.29, 0.717) is 16.7 Å². The third kappa shape index (κ3) is 3.52. The number of anilines is 1. The van der Waals surface area contributed by atoms with Crippen molar-refractivity contribution in [3.63, 3.8) is 0 Å². The lowest BCUT2D eigenvalue weighted by Crippen LogP contribution is -2.27. The molecule has 2 rings (SSSR count). The van der Waals surface area contributed by atoms with Gasteiger partial charge in [-0.3, -0.25) is 4.68 Å². The highest BCUT2D eigenvalue weighted by Crippen LogP contribution is 2.20. The highest BCUT2D eigenvalue weighted by molar-refractivity contribution is 9.10. The molecule has 0 unspecified atom stereocenters. The lowest BCUT2D eigenvalue weighted by atomic mass is 10.4. The molecule has 8 nitrogen and oxygen atoms in total. The first-order valence-corrected chi connectivity index (χ1v) is 7.91. The van der Waals surface area contributed by atoms with Gasteiger partial charge in [0.2, 0.25) is 10.0 Å².